The van der Waals surface area contributed by atoms with Gasteiger partial charge in [-0.1, -0.05) is 25.4 Å². The molecule has 3 nitrogen and oxygen atoms in total. The standard InChI is InChI=1S/C15H23ClN2O/c1-11(2)8-17-9-14-15(6-5-13(4)18-14)19-10-12(3)7-16/h5-7,11,17H,8-10H2,1-4H3/b12-7+. The number of hydrogen-bond donors (Lipinski definition) is 1. The van der Waals surface area contributed by atoms with Crippen LogP contribution in [0.3, 0.4) is 0 Å². The van der Waals surface area contributed by atoms with Crippen molar-refractivity contribution in [1.82, 2.24) is 10.3 Å². The minimum absolute atomic E-state index is 0.491. The van der Waals surface area contributed by atoms with E-state index in [2.05, 4.69) is 24.1 Å². The van der Waals surface area contributed by atoms with Gasteiger partial charge in [-0.25, -0.2) is 0 Å². The van der Waals surface area contributed by atoms with Crippen LogP contribution in [0.15, 0.2) is 23.2 Å². The Labute approximate surface area is 121 Å². The van der Waals surface area contributed by atoms with Crippen molar-refractivity contribution >= 4 is 11.6 Å². The fourth-order valence-corrected chi connectivity index (χ4v) is 1.62. The smallest absolute Gasteiger partial charge is 0.142 e. The van der Waals surface area contributed by atoms with E-state index in [4.69, 9.17) is 16.3 Å². The first-order chi connectivity index (χ1) is 9.02. The van der Waals surface area contributed by atoms with Crippen molar-refractivity contribution in [3.63, 3.8) is 0 Å². The lowest BCUT2D eigenvalue weighted by atomic mass is 10.2. The summed E-state index contributed by atoms with van der Waals surface area (Å²) < 4.78 is 5.75. The van der Waals surface area contributed by atoms with Crippen molar-refractivity contribution in [2.45, 2.75) is 34.2 Å². The van der Waals surface area contributed by atoms with E-state index in [1.165, 1.54) is 5.54 Å². The van der Waals surface area contributed by atoms with Gasteiger partial charge in [-0.2, -0.15) is 0 Å². The van der Waals surface area contributed by atoms with E-state index < -0.39 is 0 Å². The van der Waals surface area contributed by atoms with Gasteiger partial charge in [0.2, 0.25) is 0 Å². The lowest BCUT2D eigenvalue weighted by Crippen LogP contribution is -2.20. The molecule has 1 aromatic rings. The highest BCUT2D eigenvalue weighted by molar-refractivity contribution is 6.25. The molecule has 1 heterocycles. The molecule has 0 saturated heterocycles. The Hall–Kier alpha value is -1.06. The van der Waals surface area contributed by atoms with Crippen LogP contribution < -0.4 is 10.1 Å². The number of ether oxygens (including phenoxy) is 1. The third kappa shape index (κ3) is 6.08. The number of hydrogen-bond acceptors (Lipinski definition) is 3. The number of nitrogens with one attached hydrogen (secondary N) is 1. The molecule has 0 aliphatic rings. The van der Waals surface area contributed by atoms with E-state index in [0.29, 0.717) is 12.5 Å². The molecule has 4 heteroatoms. The van der Waals surface area contributed by atoms with Gasteiger partial charge >= 0.3 is 0 Å². The second-order valence-electron chi connectivity index (χ2n) is 5.17. The second-order valence-corrected chi connectivity index (χ2v) is 5.38. The van der Waals surface area contributed by atoms with E-state index in [-0.39, 0.29) is 0 Å². The first kappa shape index (κ1) is 16.0. The molecule has 19 heavy (non-hydrogen) atoms. The average molecular weight is 283 g/mol. The molecule has 0 saturated carbocycles. The number of pyridine rings is 1. The number of rotatable bonds is 7. The molecule has 0 bridgehead atoms. The van der Waals surface area contributed by atoms with Crippen molar-refractivity contribution in [2.75, 3.05) is 13.2 Å². The van der Waals surface area contributed by atoms with E-state index >= 15 is 0 Å². The average Bonchev–Trinajstić information content (AvgIpc) is 2.37. The van der Waals surface area contributed by atoms with Gasteiger partial charge in [0.05, 0.1) is 5.69 Å². The van der Waals surface area contributed by atoms with Gasteiger partial charge in [0.1, 0.15) is 12.4 Å². The predicted molar refractivity (Wildman–Crippen MR) is 80.6 cm³/mol. The zero-order chi connectivity index (χ0) is 14.3. The normalized spacial score (nSPS) is 12.0. The lowest BCUT2D eigenvalue weighted by Gasteiger charge is -2.13. The first-order valence-electron chi connectivity index (χ1n) is 6.58. The zero-order valence-corrected chi connectivity index (χ0v) is 12.9. The number of aryl methyl sites for hydroxylation is 1. The number of halogens is 1. The van der Waals surface area contributed by atoms with Crippen LogP contribution in [0.1, 0.15) is 32.2 Å². The Morgan fingerprint density at radius 3 is 2.84 bits per heavy atom. The highest BCUT2D eigenvalue weighted by Crippen LogP contribution is 2.17. The molecule has 0 radical (unpaired) electrons. The molecule has 0 unspecified atom stereocenters. The second kappa shape index (κ2) is 8.18. The van der Waals surface area contributed by atoms with Crippen molar-refractivity contribution in [1.29, 1.82) is 0 Å². The van der Waals surface area contributed by atoms with Gasteiger partial charge in [0.15, 0.2) is 0 Å². The fourth-order valence-electron chi connectivity index (χ4n) is 1.56. The molecule has 0 amide bonds. The summed E-state index contributed by atoms with van der Waals surface area (Å²) in [6, 6.07) is 3.93. The molecular formula is C15H23ClN2O. The monoisotopic (exact) mass is 282 g/mol. The third-order valence-electron chi connectivity index (χ3n) is 2.56. The Bertz CT molecular complexity index is 430. The van der Waals surface area contributed by atoms with Crippen LogP contribution in [0.4, 0.5) is 0 Å². The van der Waals surface area contributed by atoms with Crippen molar-refractivity contribution in [3.05, 3.63) is 34.6 Å². The maximum Gasteiger partial charge on any atom is 0.142 e. The summed E-state index contributed by atoms with van der Waals surface area (Å²) in [5.74, 6) is 1.44. The quantitative estimate of drug-likeness (QED) is 0.829. The molecular weight excluding hydrogens is 260 g/mol. The summed E-state index contributed by atoms with van der Waals surface area (Å²) in [6.45, 7) is 10.5. The summed E-state index contributed by atoms with van der Waals surface area (Å²) in [4.78, 5) is 4.53. The van der Waals surface area contributed by atoms with Crippen LogP contribution in [0.2, 0.25) is 0 Å². The molecule has 1 N–H and O–H groups in total. The molecule has 1 rings (SSSR count). The van der Waals surface area contributed by atoms with Gasteiger partial charge in [-0.15, -0.1) is 0 Å². The summed E-state index contributed by atoms with van der Waals surface area (Å²) in [6.07, 6.45) is 0. The SMILES string of the molecule is C/C(=C\Cl)COc1ccc(C)nc1CNCC(C)C. The molecule has 0 atom stereocenters. The highest BCUT2D eigenvalue weighted by atomic mass is 35.5. The van der Waals surface area contributed by atoms with Gasteiger partial charge in [0.25, 0.3) is 0 Å². The van der Waals surface area contributed by atoms with Crippen molar-refractivity contribution in [3.8, 4) is 5.75 Å². The van der Waals surface area contributed by atoms with E-state index in [9.17, 15) is 0 Å². The van der Waals surface area contributed by atoms with Crippen LogP contribution in [0, 0.1) is 12.8 Å². The minimum Gasteiger partial charge on any atom is -0.487 e. The number of nitrogens with zero attached hydrogens (tertiary/aromatic N) is 1. The largest absolute Gasteiger partial charge is 0.487 e. The maximum atomic E-state index is 5.75. The highest BCUT2D eigenvalue weighted by Gasteiger charge is 2.06. The molecule has 0 aliphatic heterocycles. The Balaban J connectivity index is 2.68. The first-order valence-corrected chi connectivity index (χ1v) is 7.02. The topological polar surface area (TPSA) is 34.1 Å². The van der Waals surface area contributed by atoms with Gasteiger partial charge < -0.3 is 10.1 Å². The predicted octanol–water partition coefficient (Wildman–Crippen LogP) is 3.66. The maximum absolute atomic E-state index is 5.75. The third-order valence-corrected chi connectivity index (χ3v) is 2.93. The summed E-state index contributed by atoms with van der Waals surface area (Å²) in [5.41, 5.74) is 4.47. The van der Waals surface area contributed by atoms with Gasteiger partial charge in [-0.05, 0) is 44.0 Å². The molecule has 106 valence electrons. The Morgan fingerprint density at radius 1 is 1.47 bits per heavy atom. The van der Waals surface area contributed by atoms with Crippen LogP contribution in [-0.2, 0) is 6.54 Å². The zero-order valence-electron chi connectivity index (χ0n) is 12.2. The Morgan fingerprint density at radius 2 is 2.21 bits per heavy atom. The van der Waals surface area contributed by atoms with E-state index in [1.807, 2.05) is 26.0 Å². The van der Waals surface area contributed by atoms with Gasteiger partial charge in [-0.3, -0.25) is 4.98 Å². The molecule has 0 fully saturated rings. The van der Waals surface area contributed by atoms with E-state index in [0.717, 1.165) is 35.8 Å². The summed E-state index contributed by atoms with van der Waals surface area (Å²) in [7, 11) is 0. The van der Waals surface area contributed by atoms with E-state index in [1.54, 1.807) is 0 Å². The van der Waals surface area contributed by atoms with Gasteiger partial charge in [0, 0.05) is 17.8 Å². The summed E-state index contributed by atoms with van der Waals surface area (Å²) >= 11 is 5.63. The fraction of sp³-hybridized carbons (Fsp3) is 0.533. The molecule has 0 spiro atoms. The van der Waals surface area contributed by atoms with Crippen LogP contribution >= 0.6 is 11.6 Å². The molecule has 0 aliphatic carbocycles. The minimum atomic E-state index is 0.491. The molecule has 1 aromatic heterocycles. The lowest BCUT2D eigenvalue weighted by molar-refractivity contribution is 0.344. The summed E-state index contributed by atoms with van der Waals surface area (Å²) in [5, 5.41) is 3.39. The van der Waals surface area contributed by atoms with Crippen LogP contribution in [0.25, 0.3) is 0 Å². The van der Waals surface area contributed by atoms with Crippen LogP contribution in [-0.4, -0.2) is 18.1 Å². The van der Waals surface area contributed by atoms with Crippen molar-refractivity contribution < 1.29 is 4.74 Å². The Kier molecular flexibility index (Phi) is 6.89. The van der Waals surface area contributed by atoms with Crippen molar-refractivity contribution in [2.24, 2.45) is 5.92 Å². The van der Waals surface area contributed by atoms with Crippen LogP contribution in [0.5, 0.6) is 5.75 Å². The number of aromatic nitrogens is 1. The molecule has 0 aromatic carbocycles.